The Hall–Kier alpha value is -3.62. The Balaban J connectivity index is 1.61. The van der Waals surface area contributed by atoms with Gasteiger partial charge < -0.3 is 9.67 Å². The Bertz CT molecular complexity index is 1340. The molecule has 0 radical (unpaired) electrons. The fraction of sp³-hybridized carbons (Fsp3) is 0.120. The molecule has 5 heteroatoms. The number of carboxylic acid groups (broad SMARTS) is 1. The van der Waals surface area contributed by atoms with E-state index in [0.717, 1.165) is 20.8 Å². The van der Waals surface area contributed by atoms with Crippen LogP contribution in [-0.2, 0) is 19.9 Å². The third-order valence-corrected chi connectivity index (χ3v) is 6.00. The van der Waals surface area contributed by atoms with E-state index < -0.39 is 5.97 Å². The predicted octanol–water partition coefficient (Wildman–Crippen LogP) is 4.48. The highest BCUT2D eigenvalue weighted by Crippen LogP contribution is 2.23. The molecular formula is C25H19NO3S. The lowest BCUT2D eigenvalue weighted by atomic mass is 10.0. The zero-order chi connectivity index (χ0) is 21.1. The van der Waals surface area contributed by atoms with Crippen LogP contribution in [0.2, 0.25) is 0 Å². The van der Waals surface area contributed by atoms with Crippen LogP contribution in [0.3, 0.4) is 0 Å². The molecular weight excluding hydrogens is 394 g/mol. The quantitative estimate of drug-likeness (QED) is 0.502. The number of fused-ring (bicyclic) bond motifs is 1. The van der Waals surface area contributed by atoms with Gasteiger partial charge in [-0.25, -0.2) is 4.79 Å². The van der Waals surface area contributed by atoms with E-state index in [4.69, 9.17) is 5.11 Å². The molecule has 0 saturated carbocycles. The number of nitrogens with zero attached hydrogens (tertiary/aromatic N) is 1. The van der Waals surface area contributed by atoms with E-state index in [0.29, 0.717) is 23.8 Å². The van der Waals surface area contributed by atoms with E-state index in [1.54, 1.807) is 24.3 Å². The smallest absolute Gasteiger partial charge is 0.335 e. The van der Waals surface area contributed by atoms with Gasteiger partial charge in [-0.2, -0.15) is 0 Å². The van der Waals surface area contributed by atoms with Crippen LogP contribution in [0.1, 0.15) is 31.9 Å². The standard InChI is InChI=1S/C25H19NO3S/c1-26-16-20(14-18-10-12-19(13-11-18)25(28)29)23(27)22-15-21(30-24(22)26)9-5-8-17-6-3-2-4-7-17/h2-4,6-7,10-13,15-16H,8,14H2,1H3,(H,28,29). The number of pyridine rings is 1. The summed E-state index contributed by atoms with van der Waals surface area (Å²) >= 11 is 1.52. The van der Waals surface area contributed by atoms with Gasteiger partial charge in [0.2, 0.25) is 0 Å². The van der Waals surface area contributed by atoms with E-state index in [9.17, 15) is 9.59 Å². The van der Waals surface area contributed by atoms with Gasteiger partial charge in [0.25, 0.3) is 0 Å². The molecule has 0 aliphatic rings. The molecule has 4 aromatic rings. The Morgan fingerprint density at radius 1 is 1.07 bits per heavy atom. The summed E-state index contributed by atoms with van der Waals surface area (Å²) < 4.78 is 1.96. The van der Waals surface area contributed by atoms with E-state index >= 15 is 0 Å². The van der Waals surface area contributed by atoms with Crippen LogP contribution < -0.4 is 5.43 Å². The summed E-state index contributed by atoms with van der Waals surface area (Å²) in [7, 11) is 1.93. The lowest BCUT2D eigenvalue weighted by molar-refractivity contribution is 0.0697. The van der Waals surface area contributed by atoms with Crippen molar-refractivity contribution >= 4 is 27.5 Å². The third-order valence-electron chi connectivity index (χ3n) is 4.86. The third kappa shape index (κ3) is 4.19. The van der Waals surface area contributed by atoms with E-state index in [1.807, 2.05) is 54.2 Å². The summed E-state index contributed by atoms with van der Waals surface area (Å²) in [6, 6.07) is 18.6. The summed E-state index contributed by atoms with van der Waals surface area (Å²) in [5.74, 6) is 5.41. The minimum Gasteiger partial charge on any atom is -0.478 e. The molecule has 2 aromatic carbocycles. The van der Waals surface area contributed by atoms with Crippen LogP contribution >= 0.6 is 11.3 Å². The van der Waals surface area contributed by atoms with Gasteiger partial charge in [0.15, 0.2) is 5.43 Å². The molecule has 0 aliphatic carbocycles. The maximum absolute atomic E-state index is 13.0. The Kier molecular flexibility index (Phi) is 5.51. The summed E-state index contributed by atoms with van der Waals surface area (Å²) in [5, 5.41) is 9.70. The SMILES string of the molecule is Cn1cc(Cc2ccc(C(=O)O)cc2)c(=O)c2cc(C#CCc3ccccc3)sc21. The van der Waals surface area contributed by atoms with Crippen LogP contribution in [0.4, 0.5) is 0 Å². The molecule has 0 atom stereocenters. The molecule has 30 heavy (non-hydrogen) atoms. The number of carboxylic acids is 1. The second kappa shape index (κ2) is 8.40. The minimum absolute atomic E-state index is 0.00206. The summed E-state index contributed by atoms with van der Waals surface area (Å²) in [6.45, 7) is 0. The molecule has 2 aromatic heterocycles. The highest BCUT2D eigenvalue weighted by atomic mass is 32.1. The molecule has 148 valence electrons. The van der Waals surface area contributed by atoms with Crippen molar-refractivity contribution in [1.29, 1.82) is 0 Å². The summed E-state index contributed by atoms with van der Waals surface area (Å²) in [5.41, 5.74) is 2.97. The summed E-state index contributed by atoms with van der Waals surface area (Å²) in [6.07, 6.45) is 2.98. The number of carbonyl (C=O) groups is 1. The van der Waals surface area contributed by atoms with Crippen molar-refractivity contribution in [3.8, 4) is 11.8 Å². The minimum atomic E-state index is -0.960. The molecule has 0 bridgehead atoms. The van der Waals surface area contributed by atoms with Gasteiger partial charge in [0, 0.05) is 31.6 Å². The van der Waals surface area contributed by atoms with Crippen molar-refractivity contribution < 1.29 is 9.90 Å². The zero-order valence-electron chi connectivity index (χ0n) is 16.4. The first-order chi connectivity index (χ1) is 14.5. The Morgan fingerprint density at radius 2 is 1.80 bits per heavy atom. The van der Waals surface area contributed by atoms with E-state index in [1.165, 1.54) is 11.3 Å². The number of rotatable bonds is 4. The molecule has 0 unspecified atom stereocenters. The average molecular weight is 413 g/mol. The summed E-state index contributed by atoms with van der Waals surface area (Å²) in [4.78, 5) is 25.8. The first-order valence-corrected chi connectivity index (χ1v) is 10.3. The van der Waals surface area contributed by atoms with Gasteiger partial charge in [0.05, 0.1) is 15.8 Å². The molecule has 0 saturated heterocycles. The lowest BCUT2D eigenvalue weighted by Gasteiger charge is -2.06. The fourth-order valence-corrected chi connectivity index (χ4v) is 4.30. The monoisotopic (exact) mass is 413 g/mol. The van der Waals surface area contributed by atoms with Gasteiger partial charge in [-0.15, -0.1) is 11.3 Å². The van der Waals surface area contributed by atoms with Crippen molar-refractivity contribution in [3.63, 3.8) is 0 Å². The van der Waals surface area contributed by atoms with Gasteiger partial charge >= 0.3 is 5.97 Å². The van der Waals surface area contributed by atoms with Crippen molar-refractivity contribution in [1.82, 2.24) is 4.57 Å². The van der Waals surface area contributed by atoms with E-state index in [-0.39, 0.29) is 11.0 Å². The van der Waals surface area contributed by atoms with Crippen molar-refractivity contribution in [2.75, 3.05) is 0 Å². The molecule has 4 rings (SSSR count). The normalized spacial score (nSPS) is 10.6. The van der Waals surface area contributed by atoms with Gasteiger partial charge in [-0.05, 0) is 29.3 Å². The Labute approximate surface area is 178 Å². The number of aromatic carboxylic acids is 1. The van der Waals surface area contributed by atoms with Gasteiger partial charge in [0.1, 0.15) is 4.83 Å². The number of benzene rings is 2. The highest BCUT2D eigenvalue weighted by Gasteiger charge is 2.12. The van der Waals surface area contributed by atoms with Crippen LogP contribution in [0.5, 0.6) is 0 Å². The second-order valence-corrected chi connectivity index (χ2v) is 8.10. The van der Waals surface area contributed by atoms with Crippen LogP contribution in [0.15, 0.2) is 71.7 Å². The Morgan fingerprint density at radius 3 is 2.50 bits per heavy atom. The molecule has 2 heterocycles. The van der Waals surface area contributed by atoms with Crippen LogP contribution in [-0.4, -0.2) is 15.6 Å². The average Bonchev–Trinajstić information content (AvgIpc) is 3.18. The first-order valence-electron chi connectivity index (χ1n) is 9.48. The van der Waals surface area contributed by atoms with Crippen molar-refractivity contribution in [2.24, 2.45) is 7.05 Å². The number of aryl methyl sites for hydroxylation is 1. The fourth-order valence-electron chi connectivity index (χ4n) is 3.33. The zero-order valence-corrected chi connectivity index (χ0v) is 17.2. The van der Waals surface area contributed by atoms with Gasteiger partial charge in [-0.3, -0.25) is 4.79 Å². The van der Waals surface area contributed by atoms with Crippen molar-refractivity contribution in [3.05, 3.63) is 104 Å². The lowest BCUT2D eigenvalue weighted by Crippen LogP contribution is -2.12. The topological polar surface area (TPSA) is 59.3 Å². The number of aromatic nitrogens is 1. The predicted molar refractivity (Wildman–Crippen MR) is 120 cm³/mol. The molecule has 4 nitrogen and oxygen atoms in total. The van der Waals surface area contributed by atoms with Gasteiger partial charge in [-0.1, -0.05) is 54.3 Å². The van der Waals surface area contributed by atoms with Crippen molar-refractivity contribution in [2.45, 2.75) is 12.8 Å². The number of hydrogen-bond acceptors (Lipinski definition) is 3. The maximum atomic E-state index is 13.0. The highest BCUT2D eigenvalue weighted by molar-refractivity contribution is 7.19. The number of thiophene rings is 1. The molecule has 0 spiro atoms. The molecule has 0 fully saturated rings. The molecule has 0 amide bonds. The number of hydrogen-bond donors (Lipinski definition) is 1. The molecule has 0 aliphatic heterocycles. The maximum Gasteiger partial charge on any atom is 0.335 e. The molecule has 1 N–H and O–H groups in total. The largest absolute Gasteiger partial charge is 0.478 e. The van der Waals surface area contributed by atoms with Crippen LogP contribution in [0, 0.1) is 11.8 Å². The van der Waals surface area contributed by atoms with Crippen LogP contribution in [0.25, 0.3) is 10.2 Å². The second-order valence-electron chi connectivity index (χ2n) is 7.07. The van der Waals surface area contributed by atoms with E-state index in [2.05, 4.69) is 11.8 Å². The first kappa shape index (κ1) is 19.7.